The zero-order valence-corrected chi connectivity index (χ0v) is 16.5. The maximum Gasteiger partial charge on any atom is 0.220 e. The van der Waals surface area contributed by atoms with Crippen LogP contribution in [0.4, 0.5) is 0 Å². The number of hydrogen-bond acceptors (Lipinski definition) is 3. The van der Waals surface area contributed by atoms with Gasteiger partial charge in [0.2, 0.25) is 17.7 Å². The van der Waals surface area contributed by atoms with Gasteiger partial charge in [0.1, 0.15) is 0 Å². The number of carbonyl (C=O) groups excluding carboxylic acids is 3. The quantitative estimate of drug-likeness (QED) is 0.280. The monoisotopic (exact) mass is 419 g/mol. The van der Waals surface area contributed by atoms with E-state index in [0.717, 1.165) is 18.4 Å². The topological polar surface area (TPSA) is 101 Å². The summed E-state index contributed by atoms with van der Waals surface area (Å²) in [5, 5.41) is 5.35. The number of rotatable bonds is 11. The van der Waals surface area contributed by atoms with Crippen molar-refractivity contribution in [3.05, 3.63) is 60.2 Å². The molecule has 0 saturated heterocycles. The third-order valence-electron chi connectivity index (χ3n) is 3.27. The minimum absolute atomic E-state index is 0. The van der Waals surface area contributed by atoms with Gasteiger partial charge in [0.05, 0.1) is 0 Å². The molecular weight excluding hydrogens is 398 g/mol. The largest absolute Gasteiger partial charge is 0.999 e. The number of primary amides is 1. The van der Waals surface area contributed by atoms with Gasteiger partial charge in [-0.3, -0.25) is 14.4 Å². The van der Waals surface area contributed by atoms with E-state index in [9.17, 15) is 14.4 Å². The van der Waals surface area contributed by atoms with Gasteiger partial charge < -0.3 is 76.5 Å². The summed E-state index contributed by atoms with van der Waals surface area (Å²) in [7, 11) is 0. The van der Waals surface area contributed by atoms with Gasteiger partial charge in [0.25, 0.3) is 0 Å². The molecule has 0 aliphatic heterocycles. The minimum Gasteiger partial charge on any atom is -0.999 e. The van der Waals surface area contributed by atoms with Gasteiger partial charge >= 0.3 is 0 Å². The molecule has 7 heteroatoms. The van der Waals surface area contributed by atoms with Crippen molar-refractivity contribution in [1.29, 1.82) is 0 Å². The number of nitrogens with one attached hydrogen (secondary N) is 2. The van der Waals surface area contributed by atoms with Crippen molar-refractivity contribution in [3.63, 3.8) is 0 Å². The molecule has 0 fully saturated rings. The summed E-state index contributed by atoms with van der Waals surface area (Å²) >= 11 is 0. The maximum atomic E-state index is 11.6. The van der Waals surface area contributed by atoms with E-state index in [4.69, 9.17) is 5.73 Å². The van der Waals surface area contributed by atoms with E-state index in [0.29, 0.717) is 25.8 Å². The smallest absolute Gasteiger partial charge is 0.220 e. The first-order chi connectivity index (χ1) is 13.1. The van der Waals surface area contributed by atoms with Crippen LogP contribution < -0.4 is 16.4 Å². The molecular formula is C21H21FeN3O3-10. The van der Waals surface area contributed by atoms with Gasteiger partial charge in [-0.25, -0.2) is 6.42 Å². The molecule has 0 heterocycles. The van der Waals surface area contributed by atoms with Gasteiger partial charge in [-0.05, 0) is 6.42 Å². The Morgan fingerprint density at radius 2 is 1.39 bits per heavy atom. The van der Waals surface area contributed by atoms with Crippen LogP contribution >= 0.6 is 0 Å². The fraction of sp³-hybridized carbons (Fsp3) is 0.381. The summed E-state index contributed by atoms with van der Waals surface area (Å²) in [6.45, 7) is 0.712. The number of aryl methyl sites for hydroxylation is 1. The van der Waals surface area contributed by atoms with Crippen LogP contribution in [0.3, 0.4) is 0 Å². The molecule has 2 rings (SSSR count). The average Bonchev–Trinajstić information content (AvgIpc) is 3.34. The average molecular weight is 419 g/mol. The van der Waals surface area contributed by atoms with Crippen molar-refractivity contribution in [1.82, 2.24) is 10.6 Å². The molecule has 0 atom stereocenters. The van der Waals surface area contributed by atoms with Gasteiger partial charge in [0.15, 0.2) is 0 Å². The molecule has 2 aromatic carbocycles. The summed E-state index contributed by atoms with van der Waals surface area (Å²) in [6, 6.07) is 23.1. The Hall–Kier alpha value is -2.37. The fourth-order valence-electron chi connectivity index (χ4n) is 1.95. The van der Waals surface area contributed by atoms with Crippen LogP contribution in [0.25, 0.3) is 0 Å². The number of amides is 3. The second-order valence-electron chi connectivity index (χ2n) is 5.53. The van der Waals surface area contributed by atoms with Crippen molar-refractivity contribution >= 4 is 17.7 Å². The second kappa shape index (κ2) is 16.8. The van der Waals surface area contributed by atoms with Crippen LogP contribution in [0.2, 0.25) is 0 Å². The Bertz CT molecular complexity index is 623. The molecule has 0 aliphatic rings. The molecule has 0 aromatic heterocycles. The van der Waals surface area contributed by atoms with E-state index in [1.54, 1.807) is 6.07 Å². The van der Waals surface area contributed by atoms with Gasteiger partial charge in [-0.15, -0.1) is 0 Å². The fourth-order valence-corrected chi connectivity index (χ4v) is 1.95. The summed E-state index contributed by atoms with van der Waals surface area (Å²) in [5.41, 5.74) is 5.85. The first-order valence-corrected chi connectivity index (χ1v) is 8.60. The summed E-state index contributed by atoms with van der Waals surface area (Å²) < 4.78 is 0. The Kier molecular flexibility index (Phi) is 15.4. The number of carbonyl (C=O) groups is 3. The maximum absolute atomic E-state index is 11.6. The Labute approximate surface area is 177 Å². The summed E-state index contributed by atoms with van der Waals surface area (Å²) in [4.78, 5) is 33.4. The molecule has 2 aromatic rings. The molecule has 0 bridgehead atoms. The molecule has 156 valence electrons. The SMILES string of the molecule is NC(=O)CCNC(=O)CCCNC(=O)CCC[c-]1[c-][c-][c-][c-]1.[Fe].[c-]1[c-][c-][cH-][c-]1. The van der Waals surface area contributed by atoms with Gasteiger partial charge in [-0.1, -0.05) is 6.42 Å². The predicted molar refractivity (Wildman–Crippen MR) is 96.8 cm³/mol. The first kappa shape index (κ1) is 25.6. The van der Waals surface area contributed by atoms with E-state index < -0.39 is 5.91 Å². The number of hydrogen-bond donors (Lipinski definition) is 3. The Morgan fingerprint density at radius 1 is 0.821 bits per heavy atom. The summed E-state index contributed by atoms with van der Waals surface area (Å²) in [6.07, 6.45) is 2.88. The van der Waals surface area contributed by atoms with Crippen LogP contribution in [0.5, 0.6) is 0 Å². The van der Waals surface area contributed by atoms with E-state index in [2.05, 4.69) is 59.2 Å². The van der Waals surface area contributed by atoms with Crippen LogP contribution in [0.1, 0.15) is 37.7 Å². The van der Waals surface area contributed by atoms with Crippen molar-refractivity contribution < 1.29 is 31.5 Å². The molecule has 28 heavy (non-hydrogen) atoms. The van der Waals surface area contributed by atoms with Crippen LogP contribution in [0.15, 0.2) is 6.07 Å². The number of nitrogens with two attached hydrogens (primary N) is 1. The van der Waals surface area contributed by atoms with Crippen molar-refractivity contribution in [2.45, 2.75) is 38.5 Å². The van der Waals surface area contributed by atoms with Crippen molar-refractivity contribution in [2.75, 3.05) is 13.1 Å². The van der Waals surface area contributed by atoms with Crippen molar-refractivity contribution in [2.24, 2.45) is 5.73 Å². The molecule has 0 radical (unpaired) electrons. The van der Waals surface area contributed by atoms with E-state index in [-0.39, 0.29) is 41.8 Å². The third-order valence-corrected chi connectivity index (χ3v) is 3.27. The molecule has 3 amide bonds. The Morgan fingerprint density at radius 3 is 1.93 bits per heavy atom. The normalized spacial score (nSPS) is 9.43. The van der Waals surface area contributed by atoms with Gasteiger partial charge in [-0.2, -0.15) is 0 Å². The third kappa shape index (κ3) is 14.8. The Balaban J connectivity index is 0.00000105. The minimum atomic E-state index is -0.444. The molecule has 4 N–H and O–H groups in total. The second-order valence-corrected chi connectivity index (χ2v) is 5.53. The molecule has 0 unspecified atom stereocenters. The van der Waals surface area contributed by atoms with Crippen LogP contribution in [-0.4, -0.2) is 30.8 Å². The molecule has 0 saturated carbocycles. The van der Waals surface area contributed by atoms with Crippen molar-refractivity contribution in [3.8, 4) is 0 Å². The van der Waals surface area contributed by atoms with E-state index in [1.165, 1.54) is 0 Å². The zero-order valence-electron chi connectivity index (χ0n) is 15.4. The van der Waals surface area contributed by atoms with Gasteiger partial charge in [0, 0.05) is 49.4 Å². The predicted octanol–water partition coefficient (Wildman–Crippen LogP) is 0.421. The van der Waals surface area contributed by atoms with Crippen LogP contribution in [-0.2, 0) is 37.9 Å². The molecule has 0 aliphatic carbocycles. The van der Waals surface area contributed by atoms with E-state index >= 15 is 0 Å². The van der Waals surface area contributed by atoms with E-state index in [1.807, 2.05) is 0 Å². The molecule has 0 spiro atoms. The summed E-state index contributed by atoms with van der Waals surface area (Å²) in [5.74, 6) is -0.626. The standard InChI is InChI=1S/C16H20N3O3.C5H.Fe/c17-14(20)10-12-19-16(22)9-4-11-18-15(21)8-3-7-13-5-1-2-6-13;1-2-4-5-3-1;/h3-4,7-12H2,(H2,17,20)(H,18,21)(H,19,22);1H;/q2*-5;. The van der Waals surface area contributed by atoms with Crippen LogP contribution in [0, 0.1) is 48.5 Å². The first-order valence-electron chi connectivity index (χ1n) is 8.60. The zero-order chi connectivity index (χ0) is 19.7. The molecule has 6 nitrogen and oxygen atoms in total.